The number of fused-ring (bicyclic) bond motifs is 1. The number of aromatic nitrogens is 2. The number of hydrogen-bond acceptors (Lipinski definition) is 4. The number of rotatable bonds is 6. The molecule has 0 unspecified atom stereocenters. The number of para-hydroxylation sites is 1. The van der Waals surface area contributed by atoms with Gasteiger partial charge in [-0.1, -0.05) is 12.1 Å². The number of hydrogen-bond donors (Lipinski definition) is 1. The maximum Gasteiger partial charge on any atom is 0.244 e. The Labute approximate surface area is 136 Å². The Bertz CT molecular complexity index is 784. The van der Waals surface area contributed by atoms with Crippen LogP contribution < -0.4 is 9.46 Å². The molecule has 1 aliphatic rings. The van der Waals surface area contributed by atoms with E-state index in [4.69, 9.17) is 4.74 Å². The van der Waals surface area contributed by atoms with E-state index >= 15 is 0 Å². The molecule has 0 radical (unpaired) electrons. The van der Waals surface area contributed by atoms with Crippen LogP contribution in [0.15, 0.2) is 35.4 Å². The molecule has 0 saturated carbocycles. The fraction of sp³-hybridized carbons (Fsp3) is 0.438. The largest absolute Gasteiger partial charge is 0.495 e. The van der Waals surface area contributed by atoms with Gasteiger partial charge in [0, 0.05) is 12.2 Å². The summed E-state index contributed by atoms with van der Waals surface area (Å²) in [5, 5.41) is 4.38. The van der Waals surface area contributed by atoms with Gasteiger partial charge in [0.1, 0.15) is 10.6 Å². The van der Waals surface area contributed by atoms with Crippen LogP contribution in [0, 0.1) is 0 Å². The SMILES string of the molecule is COc1ccccc1S(=O)(=O)NCCn1ncc2c1CCCC2. The van der Waals surface area contributed by atoms with E-state index in [1.54, 1.807) is 18.2 Å². The second-order valence-electron chi connectivity index (χ2n) is 5.60. The number of ether oxygens (including phenoxy) is 1. The zero-order valence-electron chi connectivity index (χ0n) is 13.2. The average molecular weight is 335 g/mol. The molecule has 0 aliphatic heterocycles. The van der Waals surface area contributed by atoms with Gasteiger partial charge < -0.3 is 4.74 Å². The van der Waals surface area contributed by atoms with Gasteiger partial charge in [0.05, 0.1) is 19.9 Å². The lowest BCUT2D eigenvalue weighted by Crippen LogP contribution is -2.28. The van der Waals surface area contributed by atoms with Gasteiger partial charge in [-0.15, -0.1) is 0 Å². The van der Waals surface area contributed by atoms with Crippen LogP contribution in [0.5, 0.6) is 5.75 Å². The second kappa shape index (κ2) is 6.72. The number of nitrogens with one attached hydrogen (secondary N) is 1. The lowest BCUT2D eigenvalue weighted by molar-refractivity contribution is 0.402. The summed E-state index contributed by atoms with van der Waals surface area (Å²) in [7, 11) is -2.13. The van der Waals surface area contributed by atoms with E-state index < -0.39 is 10.0 Å². The molecule has 0 bridgehead atoms. The molecule has 0 amide bonds. The van der Waals surface area contributed by atoms with Crippen molar-refractivity contribution in [2.24, 2.45) is 0 Å². The number of sulfonamides is 1. The van der Waals surface area contributed by atoms with Crippen LogP contribution in [0.1, 0.15) is 24.1 Å². The van der Waals surface area contributed by atoms with Crippen molar-refractivity contribution in [2.75, 3.05) is 13.7 Å². The highest BCUT2D eigenvalue weighted by atomic mass is 32.2. The maximum absolute atomic E-state index is 12.4. The zero-order valence-corrected chi connectivity index (χ0v) is 14.0. The van der Waals surface area contributed by atoms with Crippen LogP contribution in [0.25, 0.3) is 0 Å². The van der Waals surface area contributed by atoms with Gasteiger partial charge in [0.15, 0.2) is 0 Å². The molecular weight excluding hydrogens is 314 g/mol. The standard InChI is InChI=1S/C16H21N3O3S/c1-22-15-8-4-5-9-16(15)23(20,21)18-10-11-19-14-7-3-2-6-13(14)12-17-19/h4-5,8-9,12,18H,2-3,6-7,10-11H2,1H3. The molecule has 23 heavy (non-hydrogen) atoms. The molecule has 1 aromatic heterocycles. The smallest absolute Gasteiger partial charge is 0.244 e. The summed E-state index contributed by atoms with van der Waals surface area (Å²) in [6.07, 6.45) is 6.38. The predicted molar refractivity (Wildman–Crippen MR) is 87.1 cm³/mol. The van der Waals surface area contributed by atoms with Gasteiger partial charge in [-0.2, -0.15) is 5.10 Å². The number of methoxy groups -OCH3 is 1. The Morgan fingerprint density at radius 3 is 2.87 bits per heavy atom. The van der Waals surface area contributed by atoms with E-state index in [1.165, 1.54) is 37.3 Å². The van der Waals surface area contributed by atoms with Crippen molar-refractivity contribution in [1.29, 1.82) is 0 Å². The topological polar surface area (TPSA) is 73.2 Å². The summed E-state index contributed by atoms with van der Waals surface area (Å²) in [5.41, 5.74) is 2.54. The first-order chi connectivity index (χ1) is 11.1. The summed E-state index contributed by atoms with van der Waals surface area (Å²) in [4.78, 5) is 0.157. The minimum atomic E-state index is -3.59. The van der Waals surface area contributed by atoms with E-state index in [2.05, 4.69) is 9.82 Å². The summed E-state index contributed by atoms with van der Waals surface area (Å²) in [5.74, 6) is 0.344. The van der Waals surface area contributed by atoms with Crippen LogP contribution in [-0.2, 0) is 29.4 Å². The Morgan fingerprint density at radius 1 is 1.26 bits per heavy atom. The van der Waals surface area contributed by atoms with Crippen molar-refractivity contribution in [3.8, 4) is 5.75 Å². The van der Waals surface area contributed by atoms with Gasteiger partial charge in [-0.25, -0.2) is 13.1 Å². The van der Waals surface area contributed by atoms with E-state index in [1.807, 2.05) is 10.9 Å². The molecule has 3 rings (SSSR count). The first-order valence-corrected chi connectivity index (χ1v) is 9.26. The highest BCUT2D eigenvalue weighted by Crippen LogP contribution is 2.23. The maximum atomic E-state index is 12.4. The van der Waals surface area contributed by atoms with Crippen molar-refractivity contribution >= 4 is 10.0 Å². The van der Waals surface area contributed by atoms with E-state index in [0.29, 0.717) is 18.8 Å². The van der Waals surface area contributed by atoms with E-state index in [0.717, 1.165) is 12.8 Å². The molecule has 2 aromatic rings. The first kappa shape index (κ1) is 16.0. The molecule has 0 saturated heterocycles. The molecule has 124 valence electrons. The van der Waals surface area contributed by atoms with Crippen LogP contribution in [0.4, 0.5) is 0 Å². The monoisotopic (exact) mass is 335 g/mol. The van der Waals surface area contributed by atoms with Gasteiger partial charge in [-0.3, -0.25) is 4.68 Å². The van der Waals surface area contributed by atoms with E-state index in [9.17, 15) is 8.42 Å². The van der Waals surface area contributed by atoms with Gasteiger partial charge in [0.2, 0.25) is 10.0 Å². The van der Waals surface area contributed by atoms with Crippen molar-refractivity contribution in [2.45, 2.75) is 37.1 Å². The summed E-state index contributed by atoms with van der Waals surface area (Å²) in [6, 6.07) is 6.60. The van der Waals surface area contributed by atoms with Crippen LogP contribution in [-0.4, -0.2) is 31.9 Å². The molecule has 6 nitrogen and oxygen atoms in total. The van der Waals surface area contributed by atoms with Crippen LogP contribution >= 0.6 is 0 Å². The Hall–Kier alpha value is -1.86. The van der Waals surface area contributed by atoms with Gasteiger partial charge >= 0.3 is 0 Å². The third-order valence-corrected chi connectivity index (χ3v) is 5.62. The predicted octanol–water partition coefficient (Wildman–Crippen LogP) is 1.75. The van der Waals surface area contributed by atoms with Gasteiger partial charge in [0.25, 0.3) is 0 Å². The highest BCUT2D eigenvalue weighted by molar-refractivity contribution is 7.89. The normalized spacial score (nSPS) is 14.5. The number of aryl methyl sites for hydroxylation is 1. The van der Waals surface area contributed by atoms with Crippen molar-refractivity contribution in [1.82, 2.24) is 14.5 Å². The quantitative estimate of drug-likeness (QED) is 0.873. The third kappa shape index (κ3) is 3.40. The molecule has 0 spiro atoms. The molecule has 1 aromatic carbocycles. The molecule has 1 aliphatic carbocycles. The second-order valence-corrected chi connectivity index (χ2v) is 7.33. The van der Waals surface area contributed by atoms with Gasteiger partial charge in [-0.05, 0) is 43.4 Å². The van der Waals surface area contributed by atoms with Crippen LogP contribution in [0.3, 0.4) is 0 Å². The van der Waals surface area contributed by atoms with Crippen molar-refractivity contribution in [3.05, 3.63) is 41.7 Å². The summed E-state index contributed by atoms with van der Waals surface area (Å²) < 4.78 is 34.5. The molecule has 0 atom stereocenters. The Balaban J connectivity index is 1.67. The van der Waals surface area contributed by atoms with Crippen LogP contribution in [0.2, 0.25) is 0 Å². The summed E-state index contributed by atoms with van der Waals surface area (Å²) >= 11 is 0. The number of nitrogens with zero attached hydrogens (tertiary/aromatic N) is 2. The minimum Gasteiger partial charge on any atom is -0.495 e. The molecule has 7 heteroatoms. The highest BCUT2D eigenvalue weighted by Gasteiger charge is 2.19. The Morgan fingerprint density at radius 2 is 2.04 bits per heavy atom. The average Bonchev–Trinajstić information content (AvgIpc) is 2.98. The fourth-order valence-corrected chi connectivity index (χ4v) is 4.14. The first-order valence-electron chi connectivity index (χ1n) is 7.78. The minimum absolute atomic E-state index is 0.157. The lowest BCUT2D eigenvalue weighted by Gasteiger charge is -2.14. The number of benzene rings is 1. The van der Waals surface area contributed by atoms with Crippen molar-refractivity contribution < 1.29 is 13.2 Å². The summed E-state index contributed by atoms with van der Waals surface area (Å²) in [6.45, 7) is 0.832. The van der Waals surface area contributed by atoms with Crippen molar-refractivity contribution in [3.63, 3.8) is 0 Å². The lowest BCUT2D eigenvalue weighted by atomic mass is 9.98. The molecule has 1 N–H and O–H groups in total. The Kier molecular flexibility index (Phi) is 4.68. The third-order valence-electron chi connectivity index (χ3n) is 4.12. The van der Waals surface area contributed by atoms with E-state index in [-0.39, 0.29) is 4.90 Å². The molecule has 0 fully saturated rings. The zero-order chi connectivity index (χ0) is 16.3. The molecule has 1 heterocycles. The fourth-order valence-electron chi connectivity index (χ4n) is 2.95. The molecular formula is C16H21N3O3S.